The summed E-state index contributed by atoms with van der Waals surface area (Å²) in [5.41, 5.74) is 7.36. The summed E-state index contributed by atoms with van der Waals surface area (Å²) in [5.74, 6) is 3.07. The smallest absolute Gasteiger partial charge is 0.164 e. The maximum Gasteiger partial charge on any atom is 0.164 e. The Kier molecular flexibility index (Phi) is 6.05. The summed E-state index contributed by atoms with van der Waals surface area (Å²) in [6.07, 6.45) is 12.6. The lowest BCUT2D eigenvalue weighted by molar-refractivity contribution is 0.545. The number of fused-ring (bicyclic) bond motifs is 5. The van der Waals surface area contributed by atoms with E-state index in [2.05, 4.69) is 127 Å². The zero-order valence-electron chi connectivity index (χ0n) is 24.7. The highest BCUT2D eigenvalue weighted by molar-refractivity contribution is 6.00. The molecule has 2 aromatic heterocycles. The van der Waals surface area contributed by atoms with Gasteiger partial charge in [0.2, 0.25) is 0 Å². The van der Waals surface area contributed by atoms with Gasteiger partial charge in [0.05, 0.1) is 0 Å². The van der Waals surface area contributed by atoms with Crippen LogP contribution >= 0.6 is 0 Å². The van der Waals surface area contributed by atoms with Gasteiger partial charge in [-0.05, 0) is 70.1 Å². The van der Waals surface area contributed by atoms with Gasteiger partial charge >= 0.3 is 0 Å². The van der Waals surface area contributed by atoms with E-state index in [9.17, 15) is 0 Å². The van der Waals surface area contributed by atoms with Crippen molar-refractivity contribution in [3.8, 4) is 22.5 Å². The van der Waals surface area contributed by atoms with Crippen LogP contribution in [0.15, 0.2) is 132 Å². The molecule has 0 atom stereocenters. The molecule has 0 fully saturated rings. The zero-order chi connectivity index (χ0) is 29.7. The quantitative estimate of drug-likeness (QED) is 0.208. The molecule has 0 unspecified atom stereocenters. The lowest BCUT2D eigenvalue weighted by Crippen LogP contribution is -2.08. The second kappa shape index (κ2) is 10.5. The van der Waals surface area contributed by atoms with Gasteiger partial charge in [0.15, 0.2) is 17.5 Å². The highest BCUT2D eigenvalue weighted by atomic mass is 16.3. The monoisotopic (exact) mass is 579 g/mol. The molecule has 0 radical (unpaired) electrons. The highest BCUT2D eigenvalue weighted by Crippen LogP contribution is 2.40. The summed E-state index contributed by atoms with van der Waals surface area (Å²) < 4.78 is 6.58. The fourth-order valence-electron chi connectivity index (χ4n) is 6.77. The Labute approximate surface area is 261 Å². The number of aryl methyl sites for hydroxylation is 1. The van der Waals surface area contributed by atoms with Crippen LogP contribution < -0.4 is 0 Å². The van der Waals surface area contributed by atoms with Gasteiger partial charge in [-0.3, -0.25) is 0 Å². The van der Waals surface area contributed by atoms with Crippen molar-refractivity contribution in [1.29, 1.82) is 0 Å². The van der Waals surface area contributed by atoms with Crippen LogP contribution in [0.5, 0.6) is 0 Å². The molecule has 0 aliphatic heterocycles. The molecule has 7 aromatic rings. The van der Waals surface area contributed by atoms with Crippen LogP contribution in [-0.2, 0) is 6.42 Å². The zero-order valence-corrected chi connectivity index (χ0v) is 24.7. The molecule has 4 nitrogen and oxygen atoms in total. The maximum atomic E-state index is 6.58. The van der Waals surface area contributed by atoms with Crippen LogP contribution in [0.2, 0.25) is 0 Å². The molecule has 0 bridgehead atoms. The second-order valence-corrected chi connectivity index (χ2v) is 11.8. The van der Waals surface area contributed by atoms with Gasteiger partial charge in [0, 0.05) is 34.1 Å². The standard InChI is InChI=1S/C41H29N3O/c1-2-12-28(13-3-1)39-42-40(33-17-8-15-27-11-6-7-16-32(27)33)44-41(43-39)35-18-9-19-36-38(35)34-23-22-31(25-37(34)45-36)30-21-20-26-10-4-5-14-29(26)24-30/h2,4-8,10-18,20-25H,1,3,9,19H2. The van der Waals surface area contributed by atoms with Crippen molar-refractivity contribution in [2.45, 2.75) is 25.7 Å². The van der Waals surface area contributed by atoms with E-state index in [1.165, 1.54) is 16.3 Å². The van der Waals surface area contributed by atoms with Crippen LogP contribution in [-0.4, -0.2) is 15.0 Å². The Bertz CT molecular complexity index is 2390. The number of furan rings is 1. The fourth-order valence-corrected chi connectivity index (χ4v) is 6.77. The average molecular weight is 580 g/mol. The molecular formula is C41H29N3O. The fraction of sp³-hybridized carbons (Fsp3) is 0.0976. The maximum absolute atomic E-state index is 6.58. The summed E-state index contributed by atoms with van der Waals surface area (Å²) in [6, 6.07) is 36.4. The number of rotatable bonds is 4. The van der Waals surface area contributed by atoms with Crippen molar-refractivity contribution in [3.63, 3.8) is 0 Å². The molecule has 2 aliphatic rings. The van der Waals surface area contributed by atoms with Gasteiger partial charge in [-0.1, -0.05) is 109 Å². The van der Waals surface area contributed by atoms with Crippen molar-refractivity contribution in [2.24, 2.45) is 0 Å². The van der Waals surface area contributed by atoms with Gasteiger partial charge in [-0.15, -0.1) is 0 Å². The van der Waals surface area contributed by atoms with Crippen molar-refractivity contribution in [2.75, 3.05) is 0 Å². The topological polar surface area (TPSA) is 51.8 Å². The van der Waals surface area contributed by atoms with Gasteiger partial charge in [-0.2, -0.15) is 0 Å². The second-order valence-electron chi connectivity index (χ2n) is 11.8. The molecule has 2 aliphatic carbocycles. The predicted molar refractivity (Wildman–Crippen MR) is 184 cm³/mol. The molecule has 9 rings (SSSR count). The van der Waals surface area contributed by atoms with Crippen LogP contribution in [0.1, 0.15) is 42.2 Å². The Morgan fingerprint density at radius 1 is 0.556 bits per heavy atom. The number of nitrogens with zero attached hydrogens (tertiary/aromatic N) is 3. The summed E-state index contributed by atoms with van der Waals surface area (Å²) in [4.78, 5) is 15.3. The third-order valence-corrected chi connectivity index (χ3v) is 8.99. The van der Waals surface area contributed by atoms with Gasteiger partial charge < -0.3 is 4.42 Å². The van der Waals surface area contributed by atoms with E-state index < -0.39 is 0 Å². The molecule has 0 saturated carbocycles. The average Bonchev–Trinajstić information content (AvgIpc) is 3.49. The molecular weight excluding hydrogens is 550 g/mol. The first kappa shape index (κ1) is 25.8. The summed E-state index contributed by atoms with van der Waals surface area (Å²) >= 11 is 0. The number of hydrogen-bond acceptors (Lipinski definition) is 4. The third-order valence-electron chi connectivity index (χ3n) is 8.99. The largest absolute Gasteiger partial charge is 0.460 e. The Balaban J connectivity index is 1.19. The Morgan fingerprint density at radius 3 is 2.24 bits per heavy atom. The van der Waals surface area contributed by atoms with Crippen LogP contribution in [0, 0.1) is 0 Å². The minimum atomic E-state index is 0.685. The lowest BCUT2D eigenvalue weighted by atomic mass is 9.92. The van der Waals surface area contributed by atoms with E-state index in [4.69, 9.17) is 19.4 Å². The number of aromatic nitrogens is 3. The number of hydrogen-bond donors (Lipinski definition) is 0. The van der Waals surface area contributed by atoms with E-state index in [1.807, 2.05) is 0 Å². The van der Waals surface area contributed by atoms with E-state index in [-0.39, 0.29) is 0 Å². The summed E-state index contributed by atoms with van der Waals surface area (Å²) in [7, 11) is 0. The van der Waals surface area contributed by atoms with Crippen molar-refractivity contribution in [1.82, 2.24) is 15.0 Å². The van der Waals surface area contributed by atoms with Gasteiger partial charge in [-0.25, -0.2) is 15.0 Å². The van der Waals surface area contributed by atoms with Crippen LogP contribution in [0.3, 0.4) is 0 Å². The minimum absolute atomic E-state index is 0.685. The van der Waals surface area contributed by atoms with Crippen LogP contribution in [0.4, 0.5) is 0 Å². The van der Waals surface area contributed by atoms with Gasteiger partial charge in [0.25, 0.3) is 0 Å². The summed E-state index contributed by atoms with van der Waals surface area (Å²) in [5, 5.41) is 5.85. The van der Waals surface area contributed by atoms with Crippen molar-refractivity contribution < 1.29 is 4.42 Å². The highest BCUT2D eigenvalue weighted by Gasteiger charge is 2.26. The van der Waals surface area contributed by atoms with Crippen LogP contribution in [0.25, 0.3) is 66.2 Å². The molecule has 5 aromatic carbocycles. The Hall–Kier alpha value is -5.61. The first-order valence-corrected chi connectivity index (χ1v) is 15.7. The number of allylic oxidation sites excluding steroid dienone is 5. The molecule has 0 amide bonds. The molecule has 4 heteroatoms. The van der Waals surface area contributed by atoms with Crippen molar-refractivity contribution >= 4 is 43.7 Å². The van der Waals surface area contributed by atoms with E-state index in [0.29, 0.717) is 17.5 Å². The molecule has 0 spiro atoms. The first-order chi connectivity index (χ1) is 22.3. The van der Waals surface area contributed by atoms with Crippen molar-refractivity contribution in [3.05, 3.63) is 150 Å². The molecule has 2 heterocycles. The minimum Gasteiger partial charge on any atom is -0.460 e. The number of benzene rings is 5. The molecule has 214 valence electrons. The third kappa shape index (κ3) is 4.49. The molecule has 0 N–H and O–H groups in total. The lowest BCUT2D eigenvalue weighted by Gasteiger charge is -2.15. The van der Waals surface area contributed by atoms with E-state index in [0.717, 1.165) is 81.0 Å². The van der Waals surface area contributed by atoms with E-state index >= 15 is 0 Å². The predicted octanol–water partition coefficient (Wildman–Crippen LogP) is 10.4. The first-order valence-electron chi connectivity index (χ1n) is 15.7. The SMILES string of the molecule is C1=CC(c2nc(C3=CCCc4oc5cc(-c6ccc7ccccc7c6)ccc5c43)nc(-c3cccc4ccccc34)n2)=CCC1. The Morgan fingerprint density at radius 2 is 1.33 bits per heavy atom. The molecule has 0 saturated heterocycles. The van der Waals surface area contributed by atoms with E-state index in [1.54, 1.807) is 0 Å². The normalized spacial score (nSPS) is 14.5. The van der Waals surface area contributed by atoms with Gasteiger partial charge in [0.1, 0.15) is 11.3 Å². The summed E-state index contributed by atoms with van der Waals surface area (Å²) in [6.45, 7) is 0. The molecule has 45 heavy (non-hydrogen) atoms.